The molecule has 2 aromatic rings. The fourth-order valence-corrected chi connectivity index (χ4v) is 6.51. The van der Waals surface area contributed by atoms with Crippen LogP contribution in [0.15, 0.2) is 29.4 Å². The van der Waals surface area contributed by atoms with E-state index in [-0.39, 0.29) is 35.9 Å². The molecule has 3 amide bonds. The smallest absolute Gasteiger partial charge is 0.271 e. The molecule has 4 fully saturated rings. The lowest BCUT2D eigenvalue weighted by molar-refractivity contribution is -0.179. The van der Waals surface area contributed by atoms with E-state index in [0.717, 1.165) is 23.1 Å². The second-order valence-electron chi connectivity index (χ2n) is 10.8. The Kier molecular flexibility index (Phi) is 7.37. The minimum Gasteiger partial charge on any atom is -0.356 e. The van der Waals surface area contributed by atoms with Crippen LogP contribution < -0.4 is 10.6 Å². The van der Waals surface area contributed by atoms with Gasteiger partial charge >= 0.3 is 0 Å². The standard InChI is InChI=1S/C26H27F5N4O5S/c1-41(39,40)20(29)9-13(8-12-6-7-32-23(12)36)33-24(37)22-16-3-2-14(11-26(16,30)31)35(22)25(38)19-10-15-17(27)4-5-18(28)21(15)34-19/h4-5,9-10,12-14,16,22,34H,2-3,6-8,11H2,1H3,(H,32,36)(H,33,37)/b20-9+/t12-,13+,14+,16+,22+/m0/s1. The molecule has 4 aliphatic rings. The monoisotopic (exact) mass is 602 g/mol. The summed E-state index contributed by atoms with van der Waals surface area (Å²) in [6.45, 7) is 0.314. The maximum atomic E-state index is 15.1. The van der Waals surface area contributed by atoms with Crippen LogP contribution in [0.3, 0.4) is 0 Å². The molecule has 3 aliphatic heterocycles. The van der Waals surface area contributed by atoms with Crippen LogP contribution in [0.2, 0.25) is 0 Å². The first-order chi connectivity index (χ1) is 19.2. The van der Waals surface area contributed by atoms with Gasteiger partial charge < -0.3 is 20.5 Å². The van der Waals surface area contributed by atoms with Crippen LogP contribution in [0.1, 0.15) is 42.6 Å². The Bertz CT molecular complexity index is 1520. The van der Waals surface area contributed by atoms with E-state index in [4.69, 9.17) is 0 Å². The van der Waals surface area contributed by atoms with Crippen LogP contribution in [0, 0.1) is 23.5 Å². The summed E-state index contributed by atoms with van der Waals surface area (Å²) >= 11 is 0. The number of alkyl halides is 2. The van der Waals surface area contributed by atoms with Crippen LogP contribution in [-0.4, -0.2) is 72.9 Å². The van der Waals surface area contributed by atoms with Gasteiger partial charge in [0.15, 0.2) is 0 Å². The van der Waals surface area contributed by atoms with E-state index < -0.39 is 86.7 Å². The molecule has 3 N–H and O–H groups in total. The van der Waals surface area contributed by atoms with Crippen molar-refractivity contribution in [1.29, 1.82) is 0 Å². The molecular weight excluding hydrogens is 575 g/mol. The quantitative estimate of drug-likeness (QED) is 0.420. The molecule has 15 heteroatoms. The predicted octanol–water partition coefficient (Wildman–Crippen LogP) is 2.94. The van der Waals surface area contributed by atoms with E-state index in [1.165, 1.54) is 0 Å². The normalized spacial score (nSPS) is 26.7. The number of nitrogens with one attached hydrogen (secondary N) is 3. The molecular formula is C26H27F5N4O5S. The van der Waals surface area contributed by atoms with Gasteiger partial charge in [-0.25, -0.2) is 26.0 Å². The summed E-state index contributed by atoms with van der Waals surface area (Å²) < 4.78 is 96.6. The van der Waals surface area contributed by atoms with Crippen molar-refractivity contribution in [2.75, 3.05) is 12.8 Å². The Hall–Kier alpha value is -3.49. The Balaban J connectivity index is 1.49. The summed E-state index contributed by atoms with van der Waals surface area (Å²) in [6.07, 6.45) is 0.618. The number of rotatable bonds is 7. The summed E-state index contributed by atoms with van der Waals surface area (Å²) in [4.78, 5) is 42.8. The number of piperidine rings is 2. The molecule has 0 spiro atoms. The molecule has 9 nitrogen and oxygen atoms in total. The van der Waals surface area contributed by atoms with E-state index >= 15 is 8.78 Å². The largest absolute Gasteiger partial charge is 0.356 e. The first kappa shape index (κ1) is 29.0. The third-order valence-electron chi connectivity index (χ3n) is 8.07. The number of nitrogens with zero attached hydrogens (tertiary/aromatic N) is 1. The second-order valence-corrected chi connectivity index (χ2v) is 12.8. The molecule has 2 bridgehead atoms. The number of aromatic nitrogens is 1. The molecule has 3 saturated heterocycles. The fourth-order valence-electron chi connectivity index (χ4n) is 6.10. The number of halogens is 5. The number of benzene rings is 1. The highest BCUT2D eigenvalue weighted by molar-refractivity contribution is 7.94. The number of fused-ring (bicyclic) bond motifs is 4. The van der Waals surface area contributed by atoms with Gasteiger partial charge in [-0.15, -0.1) is 0 Å². The number of amides is 3. The van der Waals surface area contributed by atoms with Crippen LogP contribution >= 0.6 is 0 Å². The summed E-state index contributed by atoms with van der Waals surface area (Å²) in [7, 11) is -4.32. The number of carbonyl (C=O) groups is 3. The lowest BCUT2D eigenvalue weighted by Crippen LogP contribution is -2.68. The van der Waals surface area contributed by atoms with Gasteiger partial charge in [0.2, 0.25) is 26.8 Å². The average Bonchev–Trinajstić information content (AvgIpc) is 3.52. The molecule has 0 radical (unpaired) electrons. The molecule has 4 heterocycles. The van der Waals surface area contributed by atoms with Crippen molar-refractivity contribution in [2.24, 2.45) is 11.8 Å². The Morgan fingerprint density at radius 3 is 2.51 bits per heavy atom. The zero-order valence-electron chi connectivity index (χ0n) is 21.7. The summed E-state index contributed by atoms with van der Waals surface area (Å²) in [5.41, 5.74) is -0.627. The number of hydrogen-bond donors (Lipinski definition) is 3. The fraction of sp³-hybridized carbons (Fsp3) is 0.500. The van der Waals surface area contributed by atoms with E-state index in [1.807, 2.05) is 0 Å². The maximum absolute atomic E-state index is 15.1. The average molecular weight is 603 g/mol. The van der Waals surface area contributed by atoms with Crippen molar-refractivity contribution in [3.63, 3.8) is 0 Å². The third-order valence-corrected chi connectivity index (χ3v) is 8.92. The number of sulfone groups is 1. The highest BCUT2D eigenvalue weighted by Crippen LogP contribution is 2.49. The molecule has 41 heavy (non-hydrogen) atoms. The minimum atomic E-state index is -4.32. The summed E-state index contributed by atoms with van der Waals surface area (Å²) in [6, 6.07) is -1.48. The highest BCUT2D eigenvalue weighted by Gasteiger charge is 2.60. The second kappa shape index (κ2) is 10.4. The molecule has 1 aliphatic carbocycles. The topological polar surface area (TPSA) is 128 Å². The van der Waals surface area contributed by atoms with Crippen molar-refractivity contribution in [1.82, 2.24) is 20.5 Å². The lowest BCUT2D eigenvalue weighted by atomic mass is 9.71. The number of carbonyl (C=O) groups excluding carboxylic acids is 3. The van der Waals surface area contributed by atoms with Crippen LogP contribution in [-0.2, 0) is 19.4 Å². The van der Waals surface area contributed by atoms with Crippen LogP contribution in [0.25, 0.3) is 10.9 Å². The van der Waals surface area contributed by atoms with Crippen molar-refractivity contribution < 1.29 is 44.8 Å². The molecule has 1 aromatic carbocycles. The SMILES string of the molecule is CS(=O)(=O)/C(F)=C/[C@@H](C[C@@H]1CCNC1=O)NC(=O)[C@H]1[C@H]2CC[C@H](CC2(F)F)N1C(=O)c1cc2c(F)ccc(F)c2[nH]1. The molecule has 1 aromatic heterocycles. The summed E-state index contributed by atoms with van der Waals surface area (Å²) in [5.74, 6) is -9.77. The molecule has 5 atom stereocenters. The van der Waals surface area contributed by atoms with Crippen molar-refractivity contribution >= 4 is 38.5 Å². The number of H-pyrrole nitrogens is 1. The van der Waals surface area contributed by atoms with Crippen LogP contribution in [0.4, 0.5) is 22.0 Å². The van der Waals surface area contributed by atoms with Gasteiger partial charge in [-0.05, 0) is 50.0 Å². The predicted molar refractivity (Wildman–Crippen MR) is 136 cm³/mol. The van der Waals surface area contributed by atoms with Gasteiger partial charge in [-0.2, -0.15) is 4.39 Å². The minimum absolute atomic E-state index is 0.112. The zero-order chi connectivity index (χ0) is 29.9. The third kappa shape index (κ3) is 5.43. The van der Waals surface area contributed by atoms with Gasteiger partial charge in [-0.3, -0.25) is 14.4 Å². The number of hydrogen-bond acceptors (Lipinski definition) is 5. The van der Waals surface area contributed by atoms with Gasteiger partial charge in [0.25, 0.3) is 11.8 Å². The van der Waals surface area contributed by atoms with Crippen molar-refractivity contribution in [3.8, 4) is 0 Å². The van der Waals surface area contributed by atoms with E-state index in [0.29, 0.717) is 25.3 Å². The maximum Gasteiger partial charge on any atom is 0.271 e. The lowest BCUT2D eigenvalue weighted by Gasteiger charge is -2.53. The van der Waals surface area contributed by atoms with Crippen molar-refractivity contribution in [2.45, 2.75) is 56.2 Å². The Morgan fingerprint density at radius 2 is 1.90 bits per heavy atom. The molecule has 0 unspecified atom stereocenters. The van der Waals surface area contributed by atoms with Crippen LogP contribution in [0.5, 0.6) is 0 Å². The first-order valence-electron chi connectivity index (χ1n) is 13.0. The zero-order valence-corrected chi connectivity index (χ0v) is 22.5. The highest BCUT2D eigenvalue weighted by atomic mass is 32.2. The molecule has 6 rings (SSSR count). The Labute approximate surface area is 231 Å². The van der Waals surface area contributed by atoms with E-state index in [2.05, 4.69) is 15.6 Å². The summed E-state index contributed by atoms with van der Waals surface area (Å²) in [5, 5.41) is 3.14. The van der Waals surface area contributed by atoms with E-state index in [9.17, 15) is 36.0 Å². The molecule has 222 valence electrons. The first-order valence-corrected chi connectivity index (χ1v) is 14.9. The van der Waals surface area contributed by atoms with Gasteiger partial charge in [0, 0.05) is 36.6 Å². The number of aromatic amines is 1. The Morgan fingerprint density at radius 1 is 1.20 bits per heavy atom. The van der Waals surface area contributed by atoms with Crippen molar-refractivity contribution in [3.05, 3.63) is 46.8 Å². The van der Waals surface area contributed by atoms with Gasteiger partial charge in [-0.1, -0.05) is 0 Å². The van der Waals surface area contributed by atoms with Gasteiger partial charge in [0.05, 0.1) is 17.5 Å². The molecule has 1 saturated carbocycles. The van der Waals surface area contributed by atoms with Gasteiger partial charge in [0.1, 0.15) is 23.4 Å². The van der Waals surface area contributed by atoms with E-state index in [1.54, 1.807) is 0 Å².